The zero-order valence-electron chi connectivity index (χ0n) is 12.7. The Morgan fingerprint density at radius 1 is 1.38 bits per heavy atom. The molecule has 1 fully saturated rings. The third kappa shape index (κ3) is 3.73. The first-order chi connectivity index (χ1) is 10.0. The van der Waals surface area contributed by atoms with Gasteiger partial charge in [-0.15, -0.1) is 0 Å². The van der Waals surface area contributed by atoms with Gasteiger partial charge in [0.25, 0.3) is 0 Å². The van der Waals surface area contributed by atoms with Crippen LogP contribution in [0.15, 0.2) is 12.1 Å². The van der Waals surface area contributed by atoms with Crippen molar-refractivity contribution in [3.05, 3.63) is 23.4 Å². The lowest BCUT2D eigenvalue weighted by atomic mass is 10.1. The third-order valence-corrected chi connectivity index (χ3v) is 4.05. The SMILES string of the molecule is CC(C)c1cc(C(=O)O)cc(N2CCCCCC2CO)n1. The molecular formula is C16H24N2O3. The number of hydrogen-bond acceptors (Lipinski definition) is 4. The molecular weight excluding hydrogens is 268 g/mol. The second kappa shape index (κ2) is 6.89. The smallest absolute Gasteiger partial charge is 0.335 e. The van der Waals surface area contributed by atoms with E-state index in [4.69, 9.17) is 0 Å². The molecule has 0 aromatic carbocycles. The fourth-order valence-electron chi connectivity index (χ4n) is 2.77. The van der Waals surface area contributed by atoms with Crippen molar-refractivity contribution in [3.8, 4) is 0 Å². The molecule has 1 aliphatic heterocycles. The molecule has 1 aromatic heterocycles. The van der Waals surface area contributed by atoms with E-state index in [9.17, 15) is 15.0 Å². The summed E-state index contributed by atoms with van der Waals surface area (Å²) in [6, 6.07) is 3.30. The van der Waals surface area contributed by atoms with E-state index < -0.39 is 5.97 Å². The second-order valence-electron chi connectivity index (χ2n) is 5.98. The Morgan fingerprint density at radius 3 is 2.76 bits per heavy atom. The van der Waals surface area contributed by atoms with Gasteiger partial charge in [0.15, 0.2) is 0 Å². The summed E-state index contributed by atoms with van der Waals surface area (Å²) < 4.78 is 0. The topological polar surface area (TPSA) is 73.7 Å². The van der Waals surface area contributed by atoms with E-state index in [-0.39, 0.29) is 24.1 Å². The van der Waals surface area contributed by atoms with E-state index in [0.717, 1.165) is 37.9 Å². The molecule has 0 bridgehead atoms. The van der Waals surface area contributed by atoms with E-state index >= 15 is 0 Å². The molecule has 0 aliphatic carbocycles. The number of pyridine rings is 1. The maximum atomic E-state index is 11.3. The summed E-state index contributed by atoms with van der Waals surface area (Å²) in [6.07, 6.45) is 4.21. The first-order valence-corrected chi connectivity index (χ1v) is 7.65. The lowest BCUT2D eigenvalue weighted by Gasteiger charge is -2.30. The number of hydrogen-bond donors (Lipinski definition) is 2. The molecule has 0 radical (unpaired) electrons. The van der Waals surface area contributed by atoms with Crippen LogP contribution in [0, 0.1) is 0 Å². The van der Waals surface area contributed by atoms with E-state index in [0.29, 0.717) is 5.82 Å². The van der Waals surface area contributed by atoms with Gasteiger partial charge >= 0.3 is 5.97 Å². The lowest BCUT2D eigenvalue weighted by Crippen LogP contribution is -2.38. The molecule has 2 rings (SSSR count). The summed E-state index contributed by atoms with van der Waals surface area (Å²) in [4.78, 5) is 18.0. The Balaban J connectivity index is 2.42. The van der Waals surface area contributed by atoms with Crippen LogP contribution < -0.4 is 4.90 Å². The van der Waals surface area contributed by atoms with Crippen molar-refractivity contribution in [2.75, 3.05) is 18.1 Å². The Morgan fingerprint density at radius 2 is 2.14 bits per heavy atom. The number of nitrogens with zero attached hydrogens (tertiary/aromatic N) is 2. The summed E-state index contributed by atoms with van der Waals surface area (Å²) >= 11 is 0. The van der Waals surface area contributed by atoms with E-state index in [1.807, 2.05) is 13.8 Å². The zero-order chi connectivity index (χ0) is 15.4. The molecule has 1 aliphatic rings. The Labute approximate surface area is 125 Å². The third-order valence-electron chi connectivity index (χ3n) is 4.05. The summed E-state index contributed by atoms with van der Waals surface area (Å²) in [5.41, 5.74) is 1.05. The minimum Gasteiger partial charge on any atom is -0.478 e. The minimum atomic E-state index is -0.934. The number of aliphatic hydroxyl groups excluding tert-OH is 1. The van der Waals surface area contributed by atoms with Gasteiger partial charge in [0.1, 0.15) is 5.82 Å². The largest absolute Gasteiger partial charge is 0.478 e. The fourth-order valence-corrected chi connectivity index (χ4v) is 2.77. The highest BCUT2D eigenvalue weighted by Gasteiger charge is 2.23. The summed E-state index contributed by atoms with van der Waals surface area (Å²) in [7, 11) is 0. The lowest BCUT2D eigenvalue weighted by molar-refractivity contribution is 0.0696. The average Bonchev–Trinajstić information content (AvgIpc) is 2.71. The molecule has 5 nitrogen and oxygen atoms in total. The Bertz CT molecular complexity index is 502. The van der Waals surface area contributed by atoms with Crippen LogP contribution in [0.4, 0.5) is 5.82 Å². The van der Waals surface area contributed by atoms with Crippen LogP contribution in [0.5, 0.6) is 0 Å². The molecule has 0 spiro atoms. The van der Waals surface area contributed by atoms with E-state index in [1.54, 1.807) is 12.1 Å². The van der Waals surface area contributed by atoms with Crippen molar-refractivity contribution < 1.29 is 15.0 Å². The Kier molecular flexibility index (Phi) is 5.17. The average molecular weight is 292 g/mol. The van der Waals surface area contributed by atoms with Crippen LogP contribution in [0.2, 0.25) is 0 Å². The highest BCUT2D eigenvalue weighted by molar-refractivity contribution is 5.88. The highest BCUT2D eigenvalue weighted by atomic mass is 16.4. The van der Waals surface area contributed by atoms with Gasteiger partial charge in [-0.2, -0.15) is 0 Å². The van der Waals surface area contributed by atoms with Crippen LogP contribution >= 0.6 is 0 Å². The number of aliphatic hydroxyl groups is 1. The summed E-state index contributed by atoms with van der Waals surface area (Å²) in [5, 5.41) is 18.9. The van der Waals surface area contributed by atoms with Crippen molar-refractivity contribution in [1.82, 2.24) is 4.98 Å². The Hall–Kier alpha value is -1.62. The van der Waals surface area contributed by atoms with Crippen LogP contribution in [-0.4, -0.2) is 40.4 Å². The maximum Gasteiger partial charge on any atom is 0.335 e. The second-order valence-corrected chi connectivity index (χ2v) is 5.98. The standard InChI is InChI=1S/C16H24N2O3/c1-11(2)14-8-12(16(20)21)9-15(17-14)18-7-5-3-4-6-13(18)10-19/h8-9,11,13,19H,3-7,10H2,1-2H3,(H,20,21). The number of carboxylic acids is 1. The van der Waals surface area contributed by atoms with Crippen LogP contribution in [0.3, 0.4) is 0 Å². The summed E-state index contributed by atoms with van der Waals surface area (Å²) in [6.45, 7) is 4.90. The molecule has 2 N–H and O–H groups in total. The monoisotopic (exact) mass is 292 g/mol. The normalized spacial score (nSPS) is 19.6. The first-order valence-electron chi connectivity index (χ1n) is 7.65. The number of aromatic carboxylic acids is 1. The molecule has 21 heavy (non-hydrogen) atoms. The van der Waals surface area contributed by atoms with Crippen molar-refractivity contribution >= 4 is 11.8 Å². The van der Waals surface area contributed by atoms with Gasteiger partial charge < -0.3 is 15.1 Å². The van der Waals surface area contributed by atoms with Crippen molar-refractivity contribution in [2.45, 2.75) is 51.5 Å². The predicted octanol–water partition coefficient (Wildman–Crippen LogP) is 2.64. The quantitative estimate of drug-likeness (QED) is 0.892. The minimum absolute atomic E-state index is 0.0315. The van der Waals surface area contributed by atoms with E-state index in [2.05, 4.69) is 9.88 Å². The highest BCUT2D eigenvalue weighted by Crippen LogP contribution is 2.26. The number of anilines is 1. The van der Waals surface area contributed by atoms with Crippen molar-refractivity contribution in [2.24, 2.45) is 0 Å². The zero-order valence-corrected chi connectivity index (χ0v) is 12.7. The van der Waals surface area contributed by atoms with Crippen LogP contribution in [0.25, 0.3) is 0 Å². The number of carbonyl (C=O) groups is 1. The number of aromatic nitrogens is 1. The predicted molar refractivity (Wildman–Crippen MR) is 82.0 cm³/mol. The number of rotatable bonds is 4. The molecule has 0 amide bonds. The van der Waals surface area contributed by atoms with Gasteiger partial charge in [-0.1, -0.05) is 26.7 Å². The molecule has 5 heteroatoms. The number of carboxylic acid groups (broad SMARTS) is 1. The van der Waals surface area contributed by atoms with Crippen molar-refractivity contribution in [3.63, 3.8) is 0 Å². The van der Waals surface area contributed by atoms with Gasteiger partial charge in [-0.05, 0) is 30.9 Å². The van der Waals surface area contributed by atoms with Gasteiger partial charge in [-0.3, -0.25) is 0 Å². The van der Waals surface area contributed by atoms with E-state index in [1.165, 1.54) is 0 Å². The van der Waals surface area contributed by atoms with Crippen LogP contribution in [-0.2, 0) is 0 Å². The van der Waals surface area contributed by atoms with Gasteiger partial charge in [0.05, 0.1) is 18.2 Å². The molecule has 1 unspecified atom stereocenters. The maximum absolute atomic E-state index is 11.3. The van der Waals surface area contributed by atoms with Gasteiger partial charge in [0.2, 0.25) is 0 Å². The van der Waals surface area contributed by atoms with Crippen molar-refractivity contribution in [1.29, 1.82) is 0 Å². The molecule has 1 aromatic rings. The molecule has 2 heterocycles. The molecule has 116 valence electrons. The molecule has 1 saturated heterocycles. The summed E-state index contributed by atoms with van der Waals surface area (Å²) in [5.74, 6) is -0.0851. The van der Waals surface area contributed by atoms with Gasteiger partial charge in [0, 0.05) is 12.2 Å². The fraction of sp³-hybridized carbons (Fsp3) is 0.625. The molecule has 1 atom stereocenters. The molecule has 0 saturated carbocycles. The van der Waals surface area contributed by atoms with Crippen LogP contribution in [0.1, 0.15) is 61.5 Å². The first kappa shape index (κ1) is 15.8. The van der Waals surface area contributed by atoms with Gasteiger partial charge in [-0.25, -0.2) is 9.78 Å².